The molecule has 0 bridgehead atoms. The number of carbonyl (C=O) groups is 1. The molecule has 0 aromatic heterocycles. The van der Waals surface area contributed by atoms with Crippen molar-refractivity contribution >= 4 is 15.9 Å². The third-order valence-electron chi connectivity index (χ3n) is 4.56. The monoisotopic (exact) mass is 389 g/mol. The van der Waals surface area contributed by atoms with E-state index >= 15 is 0 Å². The van der Waals surface area contributed by atoms with Crippen LogP contribution >= 0.6 is 0 Å². The Morgan fingerprint density at radius 3 is 2.35 bits per heavy atom. The number of benzene rings is 1. The molecule has 2 rings (SSSR count). The highest BCUT2D eigenvalue weighted by atomic mass is 32.2. The molecule has 1 aromatic carbocycles. The number of nitrogens with one attached hydrogen (secondary N) is 1. The summed E-state index contributed by atoms with van der Waals surface area (Å²) < 4.78 is 53.3. The van der Waals surface area contributed by atoms with Crippen LogP contribution in [0.2, 0.25) is 0 Å². The molecule has 0 unspecified atom stereocenters. The minimum atomic E-state index is -4.10. The Morgan fingerprint density at radius 1 is 1.15 bits per heavy atom. The number of halogens is 2. The smallest absolute Gasteiger partial charge is 0.246 e. The van der Waals surface area contributed by atoms with Crippen LogP contribution in [0.25, 0.3) is 0 Å². The number of piperazine rings is 1. The molecular weight excluding hydrogens is 364 g/mol. The summed E-state index contributed by atoms with van der Waals surface area (Å²) in [5.74, 6) is -1.87. The quantitative estimate of drug-likeness (QED) is 0.769. The van der Waals surface area contributed by atoms with Gasteiger partial charge in [0.1, 0.15) is 16.5 Å². The first kappa shape index (κ1) is 20.7. The Bertz CT molecular complexity index is 731. The van der Waals surface area contributed by atoms with E-state index in [0.29, 0.717) is 19.2 Å². The van der Waals surface area contributed by atoms with Crippen LogP contribution < -0.4 is 5.32 Å². The van der Waals surface area contributed by atoms with E-state index < -0.39 is 26.6 Å². The van der Waals surface area contributed by atoms with Gasteiger partial charge in [0, 0.05) is 32.2 Å². The van der Waals surface area contributed by atoms with E-state index in [9.17, 15) is 22.0 Å². The minimum Gasteiger partial charge on any atom is -0.352 e. The fourth-order valence-corrected chi connectivity index (χ4v) is 4.41. The van der Waals surface area contributed by atoms with Gasteiger partial charge in [0.25, 0.3) is 0 Å². The highest BCUT2D eigenvalue weighted by Crippen LogP contribution is 2.21. The highest BCUT2D eigenvalue weighted by Gasteiger charge is 2.31. The Labute approximate surface area is 153 Å². The highest BCUT2D eigenvalue weighted by molar-refractivity contribution is 7.89. The summed E-state index contributed by atoms with van der Waals surface area (Å²) in [6, 6.07) is 2.52. The Kier molecular flexibility index (Phi) is 7.08. The van der Waals surface area contributed by atoms with Gasteiger partial charge in [-0.2, -0.15) is 4.31 Å². The molecule has 26 heavy (non-hydrogen) atoms. The summed E-state index contributed by atoms with van der Waals surface area (Å²) in [4.78, 5) is 13.2. The summed E-state index contributed by atoms with van der Waals surface area (Å²) in [5, 5.41) is 2.94. The lowest BCUT2D eigenvalue weighted by molar-refractivity contribution is -0.123. The van der Waals surface area contributed by atoms with Gasteiger partial charge in [0.15, 0.2) is 0 Å². The lowest BCUT2D eigenvalue weighted by Crippen LogP contribution is -2.51. The first-order valence-electron chi connectivity index (χ1n) is 8.74. The number of hydrogen-bond donors (Lipinski definition) is 1. The van der Waals surface area contributed by atoms with Crippen LogP contribution in [0.5, 0.6) is 0 Å². The summed E-state index contributed by atoms with van der Waals surface area (Å²) in [5.41, 5.74) is 0. The van der Waals surface area contributed by atoms with Crippen molar-refractivity contribution in [3.63, 3.8) is 0 Å². The normalized spacial score (nSPS) is 16.8. The summed E-state index contributed by atoms with van der Waals surface area (Å²) in [7, 11) is -4.10. The van der Waals surface area contributed by atoms with Crippen molar-refractivity contribution < 1.29 is 22.0 Å². The lowest BCUT2D eigenvalue weighted by atomic mass is 10.2. The van der Waals surface area contributed by atoms with Gasteiger partial charge in [-0.05, 0) is 31.0 Å². The molecule has 1 aliphatic rings. The molecular formula is C17H25F2N3O3S. The summed E-state index contributed by atoms with van der Waals surface area (Å²) in [6.07, 6.45) is 1.71. The van der Waals surface area contributed by atoms with E-state index in [-0.39, 0.29) is 31.6 Å². The van der Waals surface area contributed by atoms with Crippen molar-refractivity contribution in [2.24, 2.45) is 0 Å². The number of amides is 1. The molecule has 1 saturated heterocycles. The number of sulfonamides is 1. The zero-order chi connectivity index (χ0) is 19.3. The number of rotatable bonds is 7. The number of carbonyl (C=O) groups excluding carboxylic acids is 1. The molecule has 146 valence electrons. The van der Waals surface area contributed by atoms with E-state index in [4.69, 9.17) is 0 Å². The second kappa shape index (κ2) is 8.88. The standard InChI is InChI=1S/C17H25F2N3O3S/c1-3-14(4-2)20-17(23)12-21-7-9-22(10-8-21)26(24,25)16-11-13(18)5-6-15(16)19/h5-6,11,14H,3-4,7-10,12H2,1-2H3,(H,20,23). The summed E-state index contributed by atoms with van der Waals surface area (Å²) in [6.45, 7) is 5.15. The van der Waals surface area contributed by atoms with Gasteiger partial charge < -0.3 is 5.32 Å². The summed E-state index contributed by atoms with van der Waals surface area (Å²) >= 11 is 0. The minimum absolute atomic E-state index is 0.0915. The van der Waals surface area contributed by atoms with Crippen LogP contribution in [0, 0.1) is 11.6 Å². The van der Waals surface area contributed by atoms with Gasteiger partial charge in [0.2, 0.25) is 15.9 Å². The van der Waals surface area contributed by atoms with Crippen molar-refractivity contribution in [3.8, 4) is 0 Å². The van der Waals surface area contributed by atoms with Crippen LogP contribution in [0.3, 0.4) is 0 Å². The number of hydrogen-bond acceptors (Lipinski definition) is 4. The van der Waals surface area contributed by atoms with Crippen LogP contribution in [0.15, 0.2) is 23.1 Å². The maximum atomic E-state index is 13.8. The molecule has 0 aliphatic carbocycles. The molecule has 9 heteroatoms. The maximum absolute atomic E-state index is 13.8. The molecule has 1 amide bonds. The molecule has 1 aliphatic heterocycles. The topological polar surface area (TPSA) is 69.7 Å². The second-order valence-electron chi connectivity index (χ2n) is 6.34. The average Bonchev–Trinajstić information content (AvgIpc) is 2.62. The Balaban J connectivity index is 1.95. The van der Waals surface area contributed by atoms with E-state index in [1.165, 1.54) is 0 Å². The first-order valence-corrected chi connectivity index (χ1v) is 10.2. The lowest BCUT2D eigenvalue weighted by Gasteiger charge is -2.33. The zero-order valence-electron chi connectivity index (χ0n) is 15.0. The number of nitrogens with zero attached hydrogens (tertiary/aromatic N) is 2. The van der Waals surface area contributed by atoms with Gasteiger partial charge in [-0.3, -0.25) is 9.69 Å². The molecule has 1 N–H and O–H groups in total. The third kappa shape index (κ3) is 4.99. The molecule has 0 radical (unpaired) electrons. The molecule has 0 spiro atoms. The van der Waals surface area contributed by atoms with Crippen molar-refractivity contribution in [2.75, 3.05) is 32.7 Å². The van der Waals surface area contributed by atoms with Gasteiger partial charge in [0.05, 0.1) is 6.54 Å². The van der Waals surface area contributed by atoms with Crippen LogP contribution in [0.4, 0.5) is 8.78 Å². The predicted octanol–water partition coefficient (Wildman–Crippen LogP) is 1.58. The largest absolute Gasteiger partial charge is 0.352 e. The van der Waals surface area contributed by atoms with Gasteiger partial charge in [-0.15, -0.1) is 0 Å². The van der Waals surface area contributed by atoms with Gasteiger partial charge >= 0.3 is 0 Å². The van der Waals surface area contributed by atoms with E-state index in [1.54, 1.807) is 0 Å². The molecule has 0 saturated carbocycles. The first-order chi connectivity index (χ1) is 12.3. The third-order valence-corrected chi connectivity index (χ3v) is 6.47. The molecule has 6 nitrogen and oxygen atoms in total. The fourth-order valence-electron chi connectivity index (χ4n) is 2.91. The molecule has 1 aromatic rings. The second-order valence-corrected chi connectivity index (χ2v) is 8.24. The SMILES string of the molecule is CCC(CC)NC(=O)CN1CCN(S(=O)(=O)c2cc(F)ccc2F)CC1. The molecule has 1 heterocycles. The van der Waals surface area contributed by atoms with Crippen LogP contribution in [-0.4, -0.2) is 62.3 Å². The zero-order valence-corrected chi connectivity index (χ0v) is 15.9. The van der Waals surface area contributed by atoms with Crippen molar-refractivity contribution in [1.82, 2.24) is 14.5 Å². The Morgan fingerprint density at radius 2 is 1.77 bits per heavy atom. The van der Waals surface area contributed by atoms with E-state index in [0.717, 1.165) is 29.3 Å². The van der Waals surface area contributed by atoms with Crippen molar-refractivity contribution in [1.29, 1.82) is 0 Å². The van der Waals surface area contributed by atoms with E-state index in [2.05, 4.69) is 5.32 Å². The Hall–Kier alpha value is -1.58. The predicted molar refractivity (Wildman–Crippen MR) is 94.1 cm³/mol. The van der Waals surface area contributed by atoms with Crippen LogP contribution in [0.1, 0.15) is 26.7 Å². The molecule has 1 fully saturated rings. The van der Waals surface area contributed by atoms with Gasteiger partial charge in [-0.25, -0.2) is 17.2 Å². The fraction of sp³-hybridized carbons (Fsp3) is 0.588. The van der Waals surface area contributed by atoms with Crippen molar-refractivity contribution in [2.45, 2.75) is 37.6 Å². The van der Waals surface area contributed by atoms with Gasteiger partial charge in [-0.1, -0.05) is 13.8 Å². The van der Waals surface area contributed by atoms with Crippen molar-refractivity contribution in [3.05, 3.63) is 29.8 Å². The van der Waals surface area contributed by atoms with Crippen LogP contribution in [-0.2, 0) is 14.8 Å². The maximum Gasteiger partial charge on any atom is 0.246 e. The molecule has 0 atom stereocenters. The average molecular weight is 389 g/mol. The van der Waals surface area contributed by atoms with E-state index in [1.807, 2.05) is 18.7 Å².